The summed E-state index contributed by atoms with van der Waals surface area (Å²) in [5, 5.41) is 15.0. The summed E-state index contributed by atoms with van der Waals surface area (Å²) in [6.07, 6.45) is 6.34. The minimum Gasteiger partial charge on any atom is -0.468 e. The van der Waals surface area contributed by atoms with Crippen molar-refractivity contribution in [3.05, 3.63) is 63.4 Å². The van der Waals surface area contributed by atoms with Crippen LogP contribution in [0.25, 0.3) is 10.9 Å². The molecule has 9 heteroatoms. The quantitative estimate of drug-likeness (QED) is 0.302. The van der Waals surface area contributed by atoms with E-state index in [1.807, 2.05) is 24.3 Å². The molecule has 1 saturated carbocycles. The Bertz CT molecular complexity index is 1060. The first kappa shape index (κ1) is 20.3. The van der Waals surface area contributed by atoms with Crippen LogP contribution in [0.1, 0.15) is 31.2 Å². The fourth-order valence-corrected chi connectivity index (χ4v) is 3.76. The minimum atomic E-state index is -0.521. The number of benzene rings is 2. The summed E-state index contributed by atoms with van der Waals surface area (Å²) >= 11 is 5.98. The van der Waals surface area contributed by atoms with Crippen molar-refractivity contribution in [2.45, 2.75) is 38.3 Å². The van der Waals surface area contributed by atoms with Gasteiger partial charge in [-0.25, -0.2) is 9.97 Å². The standard InChI is InChI=1S/C21H21ClN4O4/c22-18-10-19-17(9-20(18)26(27)28)21(25-12-24-19)23-11-14-4-3-7-16(8-14)30-13-29-15-5-1-2-6-15/h3-4,7-10,12,15H,1-2,5-6,11,13H2,(H,23,24,25). The van der Waals surface area contributed by atoms with Crippen molar-refractivity contribution >= 4 is 34.0 Å². The van der Waals surface area contributed by atoms with E-state index in [-0.39, 0.29) is 17.5 Å². The van der Waals surface area contributed by atoms with Crippen LogP contribution in [0.2, 0.25) is 5.02 Å². The molecule has 0 radical (unpaired) electrons. The largest absolute Gasteiger partial charge is 0.468 e. The summed E-state index contributed by atoms with van der Waals surface area (Å²) in [5.74, 6) is 1.22. The van der Waals surface area contributed by atoms with Crippen LogP contribution in [-0.4, -0.2) is 27.8 Å². The predicted molar refractivity (Wildman–Crippen MR) is 114 cm³/mol. The number of nitrogens with one attached hydrogen (secondary N) is 1. The fourth-order valence-electron chi connectivity index (χ4n) is 3.53. The van der Waals surface area contributed by atoms with Gasteiger partial charge in [-0.05, 0) is 36.6 Å². The zero-order chi connectivity index (χ0) is 20.9. The van der Waals surface area contributed by atoms with Gasteiger partial charge in [-0.2, -0.15) is 0 Å². The average molecular weight is 429 g/mol. The Morgan fingerprint density at radius 1 is 1.20 bits per heavy atom. The number of halogens is 1. The Kier molecular flexibility index (Phi) is 6.25. The molecule has 0 bridgehead atoms. The molecule has 1 fully saturated rings. The number of hydrogen-bond acceptors (Lipinski definition) is 7. The highest BCUT2D eigenvalue weighted by Gasteiger charge is 2.17. The van der Waals surface area contributed by atoms with Crippen LogP contribution in [0.15, 0.2) is 42.7 Å². The smallest absolute Gasteiger partial charge is 0.288 e. The van der Waals surface area contributed by atoms with E-state index in [9.17, 15) is 10.1 Å². The fraction of sp³-hybridized carbons (Fsp3) is 0.333. The van der Waals surface area contributed by atoms with Gasteiger partial charge in [-0.15, -0.1) is 0 Å². The van der Waals surface area contributed by atoms with Crippen molar-refractivity contribution in [3.8, 4) is 5.75 Å². The first-order valence-electron chi connectivity index (χ1n) is 9.76. The molecule has 0 spiro atoms. The van der Waals surface area contributed by atoms with E-state index in [4.69, 9.17) is 21.1 Å². The van der Waals surface area contributed by atoms with Crippen LogP contribution in [0.5, 0.6) is 5.75 Å². The van der Waals surface area contributed by atoms with Gasteiger partial charge in [0.05, 0.1) is 16.5 Å². The maximum absolute atomic E-state index is 11.2. The molecular formula is C21H21ClN4O4. The Balaban J connectivity index is 1.43. The summed E-state index contributed by atoms with van der Waals surface area (Å²) in [6, 6.07) is 10.5. The van der Waals surface area contributed by atoms with Crippen LogP contribution < -0.4 is 10.1 Å². The Hall–Kier alpha value is -2.97. The van der Waals surface area contributed by atoms with Crippen molar-refractivity contribution in [1.29, 1.82) is 0 Å². The van der Waals surface area contributed by atoms with Crippen LogP contribution >= 0.6 is 11.6 Å². The zero-order valence-corrected chi connectivity index (χ0v) is 17.0. The molecule has 1 aliphatic carbocycles. The van der Waals surface area contributed by atoms with E-state index in [0.29, 0.717) is 29.4 Å². The first-order chi connectivity index (χ1) is 14.6. The zero-order valence-electron chi connectivity index (χ0n) is 16.2. The lowest BCUT2D eigenvalue weighted by Gasteiger charge is -2.13. The molecule has 30 heavy (non-hydrogen) atoms. The molecule has 8 nitrogen and oxygen atoms in total. The summed E-state index contributed by atoms with van der Waals surface area (Å²) in [7, 11) is 0. The predicted octanol–water partition coefficient (Wildman–Crippen LogP) is 5.10. The number of nitrogens with zero attached hydrogens (tertiary/aromatic N) is 3. The Morgan fingerprint density at radius 3 is 2.83 bits per heavy atom. The van der Waals surface area contributed by atoms with Crippen molar-refractivity contribution in [2.75, 3.05) is 12.1 Å². The normalized spacial score (nSPS) is 14.2. The molecule has 1 aliphatic rings. The van der Waals surface area contributed by atoms with Gasteiger partial charge in [-0.3, -0.25) is 10.1 Å². The van der Waals surface area contributed by atoms with E-state index >= 15 is 0 Å². The van der Waals surface area contributed by atoms with Crippen molar-refractivity contribution in [1.82, 2.24) is 9.97 Å². The summed E-state index contributed by atoms with van der Waals surface area (Å²) < 4.78 is 11.5. The molecule has 3 aromatic rings. The molecule has 0 saturated heterocycles. The SMILES string of the molecule is O=[N+]([O-])c1cc2c(NCc3cccc(OCOC4CCCC4)c3)ncnc2cc1Cl. The van der Waals surface area contributed by atoms with Crippen LogP contribution in [0.3, 0.4) is 0 Å². The Morgan fingerprint density at radius 2 is 2.03 bits per heavy atom. The monoisotopic (exact) mass is 428 g/mol. The second kappa shape index (κ2) is 9.23. The van der Waals surface area contributed by atoms with Crippen LogP contribution in [-0.2, 0) is 11.3 Å². The highest BCUT2D eigenvalue weighted by Crippen LogP contribution is 2.31. The molecule has 4 rings (SSSR count). The van der Waals surface area contributed by atoms with Crippen molar-refractivity contribution < 1.29 is 14.4 Å². The molecule has 1 heterocycles. The van der Waals surface area contributed by atoms with Crippen molar-refractivity contribution in [2.24, 2.45) is 0 Å². The van der Waals surface area contributed by atoms with E-state index in [1.165, 1.54) is 31.3 Å². The summed E-state index contributed by atoms with van der Waals surface area (Å²) in [4.78, 5) is 19.1. The van der Waals surface area contributed by atoms with E-state index in [1.54, 1.807) is 0 Å². The van der Waals surface area contributed by atoms with Gasteiger partial charge >= 0.3 is 0 Å². The number of nitro benzene ring substituents is 1. The highest BCUT2D eigenvalue weighted by atomic mass is 35.5. The maximum Gasteiger partial charge on any atom is 0.288 e. The average Bonchev–Trinajstić information content (AvgIpc) is 3.25. The number of ether oxygens (including phenoxy) is 2. The maximum atomic E-state index is 11.2. The summed E-state index contributed by atoms with van der Waals surface area (Å²) in [5.41, 5.74) is 1.33. The molecule has 2 aromatic carbocycles. The third-order valence-corrected chi connectivity index (χ3v) is 5.39. The van der Waals surface area contributed by atoms with Gasteiger partial charge in [0.2, 0.25) is 0 Å². The molecule has 0 atom stereocenters. The van der Waals surface area contributed by atoms with E-state index in [0.717, 1.165) is 24.2 Å². The topological polar surface area (TPSA) is 99.4 Å². The van der Waals surface area contributed by atoms with Gasteiger partial charge in [-0.1, -0.05) is 36.6 Å². The first-order valence-corrected chi connectivity index (χ1v) is 10.1. The molecule has 0 amide bonds. The molecule has 156 valence electrons. The number of hydrogen-bond donors (Lipinski definition) is 1. The van der Waals surface area contributed by atoms with E-state index in [2.05, 4.69) is 15.3 Å². The van der Waals surface area contributed by atoms with E-state index < -0.39 is 4.92 Å². The van der Waals surface area contributed by atoms with Gasteiger partial charge in [0.25, 0.3) is 5.69 Å². The number of rotatable bonds is 8. The lowest BCUT2D eigenvalue weighted by molar-refractivity contribution is -0.384. The van der Waals surface area contributed by atoms with Crippen molar-refractivity contribution in [3.63, 3.8) is 0 Å². The number of fused-ring (bicyclic) bond motifs is 1. The number of anilines is 1. The van der Waals surface area contributed by atoms with Gasteiger partial charge < -0.3 is 14.8 Å². The summed E-state index contributed by atoms with van der Waals surface area (Å²) in [6.45, 7) is 0.700. The van der Waals surface area contributed by atoms with Crippen LogP contribution in [0.4, 0.5) is 11.5 Å². The second-order valence-corrected chi connectivity index (χ2v) is 7.54. The lowest BCUT2D eigenvalue weighted by atomic mass is 10.2. The van der Waals surface area contributed by atoms with Crippen LogP contribution in [0, 0.1) is 10.1 Å². The molecule has 0 aliphatic heterocycles. The molecule has 0 unspecified atom stereocenters. The molecular weight excluding hydrogens is 408 g/mol. The highest BCUT2D eigenvalue weighted by molar-refractivity contribution is 6.33. The minimum absolute atomic E-state index is 0.0434. The third kappa shape index (κ3) is 4.77. The second-order valence-electron chi connectivity index (χ2n) is 7.14. The number of nitro groups is 1. The molecule has 1 aromatic heterocycles. The lowest BCUT2D eigenvalue weighted by Crippen LogP contribution is -2.12. The van der Waals surface area contributed by atoms with Gasteiger partial charge in [0.1, 0.15) is 22.9 Å². The Labute approximate surface area is 178 Å². The third-order valence-electron chi connectivity index (χ3n) is 5.09. The van der Waals surface area contributed by atoms with Gasteiger partial charge in [0, 0.05) is 18.0 Å². The molecule has 1 N–H and O–H groups in total. The van der Waals surface area contributed by atoms with Gasteiger partial charge in [0.15, 0.2) is 6.79 Å². The number of aromatic nitrogens is 2.